The molecule has 0 rings (SSSR count). The van der Waals surface area contributed by atoms with E-state index in [0.29, 0.717) is 24.1 Å². The number of quaternary nitrogens is 1. The number of hydrogen-bond acceptors (Lipinski definition) is 6. The van der Waals surface area contributed by atoms with E-state index in [1.165, 1.54) is 193 Å². The van der Waals surface area contributed by atoms with Gasteiger partial charge in [0.15, 0.2) is 0 Å². The van der Waals surface area contributed by atoms with Crippen LogP contribution in [0.1, 0.15) is 245 Å². The van der Waals surface area contributed by atoms with Crippen LogP contribution >= 0.6 is 7.82 Å². The van der Waals surface area contributed by atoms with E-state index in [2.05, 4.69) is 13.8 Å². The molecular weight excluding hydrogens is 734 g/mol. The SMILES string of the molecule is CCCCCCCCCCCCCCCCCCCCCCCCOCC(COP(=O)(O)OCC[N+](C)(C)C)OC(=O)CCCCCCCCCCCCCCC. The second-order valence-corrected chi connectivity index (χ2v) is 19.7. The lowest BCUT2D eigenvalue weighted by Gasteiger charge is -2.24. The average molecular weight is 833 g/mol. The van der Waals surface area contributed by atoms with Crippen LogP contribution in [0.5, 0.6) is 0 Å². The molecule has 342 valence electrons. The van der Waals surface area contributed by atoms with Crippen LogP contribution in [0.3, 0.4) is 0 Å². The van der Waals surface area contributed by atoms with Gasteiger partial charge in [-0.05, 0) is 12.8 Å². The van der Waals surface area contributed by atoms with E-state index in [-0.39, 0.29) is 25.8 Å². The number of carbonyl (C=O) groups is 1. The summed E-state index contributed by atoms with van der Waals surface area (Å²) in [6, 6.07) is 0. The van der Waals surface area contributed by atoms with Crippen molar-refractivity contribution in [1.29, 1.82) is 0 Å². The number of phosphoric ester groups is 1. The van der Waals surface area contributed by atoms with Crippen LogP contribution in [0.4, 0.5) is 0 Å². The van der Waals surface area contributed by atoms with Crippen LogP contribution in [-0.4, -0.2) is 75.6 Å². The smallest absolute Gasteiger partial charge is 0.457 e. The highest BCUT2D eigenvalue weighted by molar-refractivity contribution is 7.47. The van der Waals surface area contributed by atoms with Gasteiger partial charge in [-0.15, -0.1) is 0 Å². The molecule has 0 aliphatic rings. The first kappa shape index (κ1) is 56.5. The number of nitrogens with zero attached hydrogens (tertiary/aromatic N) is 1. The minimum absolute atomic E-state index is 0.0940. The van der Waals surface area contributed by atoms with Crippen molar-refractivity contribution in [1.82, 2.24) is 0 Å². The average Bonchev–Trinajstić information content (AvgIpc) is 3.16. The molecule has 0 aromatic heterocycles. The molecule has 0 saturated carbocycles. The molecule has 57 heavy (non-hydrogen) atoms. The summed E-state index contributed by atoms with van der Waals surface area (Å²) in [5, 5.41) is 0. The van der Waals surface area contributed by atoms with Crippen molar-refractivity contribution < 1.29 is 37.3 Å². The number of unbranched alkanes of at least 4 members (excludes halogenated alkanes) is 33. The summed E-state index contributed by atoms with van der Waals surface area (Å²) in [4.78, 5) is 22.9. The summed E-state index contributed by atoms with van der Waals surface area (Å²) in [6.07, 6.45) is 45.7. The monoisotopic (exact) mass is 833 g/mol. The van der Waals surface area contributed by atoms with Crippen molar-refractivity contribution in [3.63, 3.8) is 0 Å². The number of likely N-dealkylation sites (N-methyl/N-ethyl adjacent to an activating group) is 1. The van der Waals surface area contributed by atoms with Crippen LogP contribution in [0.25, 0.3) is 0 Å². The molecular formula is C48H99NO7P+. The van der Waals surface area contributed by atoms with Crippen LogP contribution in [-0.2, 0) is 27.9 Å². The zero-order chi connectivity index (χ0) is 42.0. The molecule has 2 atom stereocenters. The molecule has 0 aliphatic heterocycles. The van der Waals surface area contributed by atoms with E-state index in [9.17, 15) is 14.3 Å². The third-order valence-corrected chi connectivity index (χ3v) is 12.2. The maximum atomic E-state index is 12.7. The Hall–Kier alpha value is -0.500. The van der Waals surface area contributed by atoms with Crippen LogP contribution < -0.4 is 0 Å². The Labute approximate surface area is 355 Å². The Morgan fingerprint density at radius 2 is 0.807 bits per heavy atom. The Kier molecular flexibility index (Phi) is 41.8. The number of carbonyl (C=O) groups excluding carboxylic acids is 1. The lowest BCUT2D eigenvalue weighted by Crippen LogP contribution is -2.37. The first-order valence-corrected chi connectivity index (χ1v) is 26.3. The standard InChI is InChI=1S/C48H98NO7P/c1-6-8-10-12-14-16-18-20-21-22-23-24-25-26-27-28-30-32-34-36-38-40-43-53-45-47(46-55-57(51,52)54-44-42-49(3,4)5)56-48(50)41-39-37-35-33-31-29-19-17-15-13-11-9-7-2/h47H,6-46H2,1-5H3/p+1. The minimum atomic E-state index is -4.27. The van der Waals surface area contributed by atoms with Crippen molar-refractivity contribution in [2.75, 3.05) is 54.1 Å². The van der Waals surface area contributed by atoms with E-state index in [1.807, 2.05) is 21.1 Å². The molecule has 1 N–H and O–H groups in total. The van der Waals surface area contributed by atoms with E-state index in [0.717, 1.165) is 32.1 Å². The number of rotatable bonds is 47. The van der Waals surface area contributed by atoms with Gasteiger partial charge >= 0.3 is 13.8 Å². The summed E-state index contributed by atoms with van der Waals surface area (Å²) in [5.74, 6) is -0.307. The molecule has 0 amide bonds. The first-order chi connectivity index (χ1) is 27.6. The second-order valence-electron chi connectivity index (χ2n) is 18.2. The molecule has 0 fully saturated rings. The predicted molar refractivity (Wildman–Crippen MR) is 243 cm³/mol. The highest BCUT2D eigenvalue weighted by Crippen LogP contribution is 2.43. The molecule has 0 saturated heterocycles. The maximum Gasteiger partial charge on any atom is 0.472 e. The molecule has 9 heteroatoms. The predicted octanol–water partition coefficient (Wildman–Crippen LogP) is 14.8. The van der Waals surface area contributed by atoms with E-state index in [1.54, 1.807) is 0 Å². The lowest BCUT2D eigenvalue weighted by atomic mass is 10.0. The van der Waals surface area contributed by atoms with Gasteiger partial charge in [0.05, 0.1) is 34.4 Å². The quantitative estimate of drug-likeness (QED) is 0.0283. The molecule has 0 radical (unpaired) electrons. The summed E-state index contributed by atoms with van der Waals surface area (Å²) in [5.41, 5.74) is 0. The van der Waals surface area contributed by atoms with Crippen molar-refractivity contribution >= 4 is 13.8 Å². The minimum Gasteiger partial charge on any atom is -0.457 e. The van der Waals surface area contributed by atoms with Gasteiger partial charge in [0.25, 0.3) is 0 Å². The Bertz CT molecular complexity index is 883. The Morgan fingerprint density at radius 3 is 1.16 bits per heavy atom. The van der Waals surface area contributed by atoms with Crippen molar-refractivity contribution in [2.24, 2.45) is 0 Å². The topological polar surface area (TPSA) is 91.3 Å². The third-order valence-electron chi connectivity index (χ3n) is 11.2. The summed E-state index contributed by atoms with van der Waals surface area (Å²) < 4.78 is 35.1. The molecule has 8 nitrogen and oxygen atoms in total. The van der Waals surface area contributed by atoms with Gasteiger partial charge in [0.1, 0.15) is 19.3 Å². The van der Waals surface area contributed by atoms with Gasteiger partial charge in [0.2, 0.25) is 0 Å². The van der Waals surface area contributed by atoms with E-state index < -0.39 is 13.9 Å². The highest BCUT2D eigenvalue weighted by atomic mass is 31.2. The van der Waals surface area contributed by atoms with Crippen LogP contribution in [0.2, 0.25) is 0 Å². The van der Waals surface area contributed by atoms with Crippen LogP contribution in [0.15, 0.2) is 0 Å². The fraction of sp³-hybridized carbons (Fsp3) is 0.979. The fourth-order valence-electron chi connectivity index (χ4n) is 7.32. The Morgan fingerprint density at radius 1 is 0.474 bits per heavy atom. The fourth-order valence-corrected chi connectivity index (χ4v) is 8.06. The third kappa shape index (κ3) is 46.4. The normalized spacial score (nSPS) is 13.6. The van der Waals surface area contributed by atoms with Crippen molar-refractivity contribution in [2.45, 2.75) is 251 Å². The van der Waals surface area contributed by atoms with Gasteiger partial charge < -0.3 is 18.9 Å². The molecule has 0 aliphatic carbocycles. The summed E-state index contributed by atoms with van der Waals surface area (Å²) in [7, 11) is 1.69. The highest BCUT2D eigenvalue weighted by Gasteiger charge is 2.26. The van der Waals surface area contributed by atoms with Gasteiger partial charge in [0, 0.05) is 13.0 Å². The first-order valence-electron chi connectivity index (χ1n) is 24.8. The van der Waals surface area contributed by atoms with Crippen molar-refractivity contribution in [3.8, 4) is 0 Å². The van der Waals surface area contributed by atoms with E-state index >= 15 is 0 Å². The van der Waals surface area contributed by atoms with Gasteiger partial charge in [-0.25, -0.2) is 4.57 Å². The second kappa shape index (κ2) is 42.2. The molecule has 0 heterocycles. The molecule has 2 unspecified atom stereocenters. The molecule has 0 bridgehead atoms. The molecule has 0 aromatic carbocycles. The number of esters is 1. The number of ether oxygens (including phenoxy) is 2. The maximum absolute atomic E-state index is 12.7. The molecule has 0 aromatic rings. The summed E-state index contributed by atoms with van der Waals surface area (Å²) >= 11 is 0. The lowest BCUT2D eigenvalue weighted by molar-refractivity contribution is -0.870. The number of phosphoric acid groups is 1. The van der Waals surface area contributed by atoms with Gasteiger partial charge in [-0.3, -0.25) is 13.8 Å². The van der Waals surface area contributed by atoms with Gasteiger partial charge in [-0.1, -0.05) is 226 Å². The zero-order valence-corrected chi connectivity index (χ0v) is 39.8. The van der Waals surface area contributed by atoms with Crippen molar-refractivity contribution in [3.05, 3.63) is 0 Å². The summed E-state index contributed by atoms with van der Waals surface area (Å²) in [6.45, 7) is 5.69. The Balaban J connectivity index is 4.05. The van der Waals surface area contributed by atoms with Gasteiger partial charge in [-0.2, -0.15) is 0 Å². The zero-order valence-electron chi connectivity index (χ0n) is 38.9. The largest absolute Gasteiger partial charge is 0.472 e. The molecule has 0 spiro atoms. The number of hydrogen-bond donors (Lipinski definition) is 1. The van der Waals surface area contributed by atoms with Crippen LogP contribution in [0, 0.1) is 0 Å². The van der Waals surface area contributed by atoms with E-state index in [4.69, 9.17) is 18.5 Å².